The Balaban J connectivity index is 2.18. The highest BCUT2D eigenvalue weighted by Gasteiger charge is 2.13. The van der Waals surface area contributed by atoms with E-state index < -0.39 is 11.9 Å². The van der Waals surface area contributed by atoms with Crippen molar-refractivity contribution in [3.05, 3.63) is 63.9 Å². The zero-order valence-corrected chi connectivity index (χ0v) is 12.1. The third-order valence-electron chi connectivity index (χ3n) is 3.16. The molecule has 0 amide bonds. The molecular formula is C16H16ClFO2. The summed E-state index contributed by atoms with van der Waals surface area (Å²) in [7, 11) is 1.42. The second-order valence-electron chi connectivity index (χ2n) is 4.71. The number of rotatable bonds is 4. The first kappa shape index (κ1) is 14.8. The van der Waals surface area contributed by atoms with E-state index in [4.69, 9.17) is 16.3 Å². The van der Waals surface area contributed by atoms with Crippen LogP contribution in [0, 0.1) is 12.7 Å². The monoisotopic (exact) mass is 294 g/mol. The molecule has 0 aliphatic carbocycles. The largest absolute Gasteiger partial charge is 0.494 e. The summed E-state index contributed by atoms with van der Waals surface area (Å²) in [6.07, 6.45) is -0.472. The van der Waals surface area contributed by atoms with Crippen molar-refractivity contribution in [3.8, 4) is 5.75 Å². The van der Waals surface area contributed by atoms with Crippen LogP contribution in [0.2, 0.25) is 5.02 Å². The summed E-state index contributed by atoms with van der Waals surface area (Å²) in [6.45, 7) is 1.93. The maximum Gasteiger partial charge on any atom is 0.165 e. The minimum absolute atomic E-state index is 0.191. The molecule has 0 saturated heterocycles. The van der Waals surface area contributed by atoms with Gasteiger partial charge in [-0.1, -0.05) is 29.8 Å². The zero-order chi connectivity index (χ0) is 14.7. The van der Waals surface area contributed by atoms with E-state index in [2.05, 4.69) is 0 Å². The molecule has 2 aromatic carbocycles. The molecule has 2 nitrogen and oxygen atoms in total. The minimum Gasteiger partial charge on any atom is -0.494 e. The van der Waals surface area contributed by atoms with Crippen LogP contribution < -0.4 is 4.74 Å². The van der Waals surface area contributed by atoms with Gasteiger partial charge in [0.2, 0.25) is 0 Å². The van der Waals surface area contributed by atoms with Crippen LogP contribution >= 0.6 is 11.6 Å². The standard InChI is InChI=1S/C16H16ClFO2/c1-10-3-5-12(13(17)7-10)15(19)9-11-4-6-16(20-2)14(18)8-11/h3-8,15,19H,9H2,1-2H3. The van der Waals surface area contributed by atoms with Crippen LogP contribution in [-0.4, -0.2) is 12.2 Å². The van der Waals surface area contributed by atoms with E-state index in [0.29, 0.717) is 22.6 Å². The molecule has 20 heavy (non-hydrogen) atoms. The van der Waals surface area contributed by atoms with Gasteiger partial charge in [0.25, 0.3) is 0 Å². The lowest BCUT2D eigenvalue weighted by molar-refractivity contribution is 0.178. The lowest BCUT2D eigenvalue weighted by Crippen LogP contribution is -2.03. The van der Waals surface area contributed by atoms with Crippen LogP contribution in [0.25, 0.3) is 0 Å². The Kier molecular flexibility index (Phi) is 4.63. The Bertz CT molecular complexity index is 613. The van der Waals surface area contributed by atoms with Crippen molar-refractivity contribution in [2.45, 2.75) is 19.4 Å². The van der Waals surface area contributed by atoms with Gasteiger partial charge in [0.05, 0.1) is 13.2 Å². The van der Waals surface area contributed by atoms with Crippen molar-refractivity contribution in [1.29, 1.82) is 0 Å². The molecular weight excluding hydrogens is 279 g/mol. The first-order valence-electron chi connectivity index (χ1n) is 6.28. The van der Waals surface area contributed by atoms with Crippen LogP contribution in [0.4, 0.5) is 4.39 Å². The fraction of sp³-hybridized carbons (Fsp3) is 0.250. The summed E-state index contributed by atoms with van der Waals surface area (Å²) in [5.41, 5.74) is 2.36. The van der Waals surface area contributed by atoms with E-state index in [1.807, 2.05) is 13.0 Å². The molecule has 0 radical (unpaired) electrons. The van der Waals surface area contributed by atoms with Crippen LogP contribution in [0.5, 0.6) is 5.75 Å². The molecule has 1 unspecified atom stereocenters. The molecule has 0 aromatic heterocycles. The SMILES string of the molecule is COc1ccc(CC(O)c2ccc(C)cc2Cl)cc1F. The lowest BCUT2D eigenvalue weighted by atomic mass is 10.0. The van der Waals surface area contributed by atoms with Gasteiger partial charge in [-0.3, -0.25) is 0 Å². The molecule has 4 heteroatoms. The number of ether oxygens (including phenoxy) is 1. The molecule has 2 aromatic rings. The van der Waals surface area contributed by atoms with E-state index in [-0.39, 0.29) is 5.75 Å². The van der Waals surface area contributed by atoms with E-state index in [9.17, 15) is 9.50 Å². The van der Waals surface area contributed by atoms with Gasteiger partial charge in [-0.2, -0.15) is 0 Å². The van der Waals surface area contributed by atoms with E-state index in [0.717, 1.165) is 5.56 Å². The van der Waals surface area contributed by atoms with Gasteiger partial charge in [-0.25, -0.2) is 4.39 Å². The van der Waals surface area contributed by atoms with Gasteiger partial charge < -0.3 is 9.84 Å². The second-order valence-corrected chi connectivity index (χ2v) is 5.12. The summed E-state index contributed by atoms with van der Waals surface area (Å²) in [5, 5.41) is 10.7. The highest BCUT2D eigenvalue weighted by molar-refractivity contribution is 6.31. The number of hydrogen-bond acceptors (Lipinski definition) is 2. The topological polar surface area (TPSA) is 29.5 Å². The van der Waals surface area contributed by atoms with Crippen molar-refractivity contribution >= 4 is 11.6 Å². The average Bonchev–Trinajstić information content (AvgIpc) is 2.38. The molecule has 1 N–H and O–H groups in total. The smallest absolute Gasteiger partial charge is 0.165 e. The van der Waals surface area contributed by atoms with Crippen molar-refractivity contribution in [2.24, 2.45) is 0 Å². The van der Waals surface area contributed by atoms with Crippen LogP contribution in [0.1, 0.15) is 22.8 Å². The summed E-state index contributed by atoms with van der Waals surface area (Å²) < 4.78 is 18.5. The highest BCUT2D eigenvalue weighted by Crippen LogP contribution is 2.28. The van der Waals surface area contributed by atoms with E-state index in [1.165, 1.54) is 13.2 Å². The van der Waals surface area contributed by atoms with Crippen molar-refractivity contribution in [1.82, 2.24) is 0 Å². The van der Waals surface area contributed by atoms with E-state index in [1.54, 1.807) is 24.3 Å². The Morgan fingerprint density at radius 3 is 2.60 bits per heavy atom. The van der Waals surface area contributed by atoms with Crippen molar-refractivity contribution in [3.63, 3.8) is 0 Å². The minimum atomic E-state index is -0.768. The zero-order valence-electron chi connectivity index (χ0n) is 11.4. The number of aliphatic hydroxyl groups is 1. The summed E-state index contributed by atoms with van der Waals surface area (Å²) in [6, 6.07) is 10.1. The number of methoxy groups -OCH3 is 1. The fourth-order valence-corrected chi connectivity index (χ4v) is 2.43. The fourth-order valence-electron chi connectivity index (χ4n) is 2.07. The average molecular weight is 295 g/mol. The number of aryl methyl sites for hydroxylation is 1. The third-order valence-corrected chi connectivity index (χ3v) is 3.49. The van der Waals surface area contributed by atoms with Crippen LogP contribution in [-0.2, 0) is 6.42 Å². The Morgan fingerprint density at radius 1 is 1.25 bits per heavy atom. The molecule has 0 fully saturated rings. The summed E-state index contributed by atoms with van der Waals surface area (Å²) in [5.74, 6) is -0.246. The highest BCUT2D eigenvalue weighted by atomic mass is 35.5. The predicted molar refractivity (Wildman–Crippen MR) is 77.8 cm³/mol. The van der Waals surface area contributed by atoms with Gasteiger partial charge >= 0.3 is 0 Å². The molecule has 0 bridgehead atoms. The summed E-state index contributed by atoms with van der Waals surface area (Å²) in [4.78, 5) is 0. The number of hydrogen-bond donors (Lipinski definition) is 1. The number of benzene rings is 2. The van der Waals surface area contributed by atoms with Crippen LogP contribution in [0.15, 0.2) is 36.4 Å². The number of aliphatic hydroxyl groups excluding tert-OH is 1. The summed E-state index contributed by atoms with van der Waals surface area (Å²) >= 11 is 6.12. The molecule has 106 valence electrons. The van der Waals surface area contributed by atoms with Crippen molar-refractivity contribution < 1.29 is 14.2 Å². The Morgan fingerprint density at radius 2 is 2.00 bits per heavy atom. The van der Waals surface area contributed by atoms with Crippen molar-refractivity contribution in [2.75, 3.05) is 7.11 Å². The molecule has 0 aliphatic heterocycles. The molecule has 2 rings (SSSR count). The molecule has 0 spiro atoms. The first-order chi connectivity index (χ1) is 9.51. The van der Waals surface area contributed by atoms with Gasteiger partial charge in [-0.15, -0.1) is 0 Å². The van der Waals surface area contributed by atoms with Gasteiger partial charge in [-0.05, 0) is 41.8 Å². The van der Waals surface area contributed by atoms with E-state index >= 15 is 0 Å². The third kappa shape index (κ3) is 3.30. The molecule has 0 saturated carbocycles. The predicted octanol–water partition coefficient (Wildman–Crippen LogP) is 4.07. The number of halogens is 2. The molecule has 0 aliphatic rings. The molecule has 1 atom stereocenters. The second kappa shape index (κ2) is 6.25. The normalized spacial score (nSPS) is 12.2. The van der Waals surface area contributed by atoms with Gasteiger partial charge in [0.15, 0.2) is 11.6 Å². The van der Waals surface area contributed by atoms with Gasteiger partial charge in [0, 0.05) is 11.4 Å². The Hall–Kier alpha value is -1.58. The van der Waals surface area contributed by atoms with Gasteiger partial charge in [0.1, 0.15) is 0 Å². The van der Waals surface area contributed by atoms with Crippen LogP contribution in [0.3, 0.4) is 0 Å². The lowest BCUT2D eigenvalue weighted by Gasteiger charge is -2.14. The quantitative estimate of drug-likeness (QED) is 0.921. The maximum absolute atomic E-state index is 13.6. The Labute approximate surface area is 122 Å². The first-order valence-corrected chi connectivity index (χ1v) is 6.65. The molecule has 0 heterocycles. The maximum atomic E-state index is 13.6.